The van der Waals surface area contributed by atoms with E-state index in [2.05, 4.69) is 10.1 Å². The molecule has 1 N–H and O–H groups in total. The average Bonchev–Trinajstić information content (AvgIpc) is 3.28. The minimum atomic E-state index is -1.65. The van der Waals surface area contributed by atoms with Crippen LogP contribution < -0.4 is 0 Å². The minimum Gasteiger partial charge on any atom is -0.462 e. The number of hydrogen-bond acceptors (Lipinski definition) is 6. The van der Waals surface area contributed by atoms with Crippen molar-refractivity contribution in [3.05, 3.63) is 83.9 Å². The monoisotopic (exact) mass is 456 g/mol. The van der Waals surface area contributed by atoms with Gasteiger partial charge in [0.15, 0.2) is 0 Å². The van der Waals surface area contributed by atoms with Crippen molar-refractivity contribution < 1.29 is 23.4 Å². The van der Waals surface area contributed by atoms with E-state index in [9.17, 15) is 18.7 Å². The normalized spacial score (nSPS) is 16.9. The van der Waals surface area contributed by atoms with E-state index in [0.717, 1.165) is 17.7 Å². The number of carbonyl (C=O) groups is 1. The topological polar surface area (TPSA) is 80.5 Å². The van der Waals surface area contributed by atoms with Gasteiger partial charge in [0.2, 0.25) is 0 Å². The Hall–Kier alpha value is -3.17. The lowest BCUT2D eigenvalue weighted by molar-refractivity contribution is -0.151. The smallest absolute Gasteiger partial charge is 0.310 e. The van der Waals surface area contributed by atoms with Crippen molar-refractivity contribution in [1.29, 1.82) is 0 Å². The molecule has 1 saturated heterocycles. The molecule has 0 aliphatic carbocycles. The lowest BCUT2D eigenvalue weighted by Gasteiger charge is -2.38. The van der Waals surface area contributed by atoms with E-state index in [0.29, 0.717) is 25.9 Å². The molecule has 1 fully saturated rings. The zero-order chi connectivity index (χ0) is 23.3. The summed E-state index contributed by atoms with van der Waals surface area (Å²) in [6, 6.07) is 12.6. The molecule has 174 valence electrons. The van der Waals surface area contributed by atoms with Gasteiger partial charge in [-0.15, -0.1) is 0 Å². The molecule has 9 heteroatoms. The van der Waals surface area contributed by atoms with Crippen LogP contribution in [0.3, 0.4) is 0 Å². The van der Waals surface area contributed by atoms with Crippen molar-refractivity contribution in [2.75, 3.05) is 19.6 Å². The molecule has 7 nitrogen and oxygen atoms in total. The summed E-state index contributed by atoms with van der Waals surface area (Å²) in [5, 5.41) is 15.5. The second-order valence-electron chi connectivity index (χ2n) is 8.38. The maximum absolute atomic E-state index is 14.6. The molecule has 0 spiro atoms. The summed E-state index contributed by atoms with van der Waals surface area (Å²) in [4.78, 5) is 18.1. The Morgan fingerprint density at radius 1 is 1.12 bits per heavy atom. The molecule has 4 rings (SSSR count). The molecule has 0 bridgehead atoms. The fourth-order valence-electron chi connectivity index (χ4n) is 4.21. The van der Waals surface area contributed by atoms with Crippen molar-refractivity contribution in [2.45, 2.75) is 37.5 Å². The zero-order valence-electron chi connectivity index (χ0n) is 18.1. The highest BCUT2D eigenvalue weighted by molar-refractivity contribution is 5.72. The predicted octanol–water partition coefficient (Wildman–Crippen LogP) is 2.69. The Balaban J connectivity index is 1.38. The van der Waals surface area contributed by atoms with E-state index in [1.807, 2.05) is 35.2 Å². The number of esters is 1. The van der Waals surface area contributed by atoms with Gasteiger partial charge in [-0.05, 0) is 24.5 Å². The van der Waals surface area contributed by atoms with Gasteiger partial charge in [-0.2, -0.15) is 5.10 Å². The summed E-state index contributed by atoms with van der Waals surface area (Å²) >= 11 is 0. The second kappa shape index (κ2) is 10.2. The number of hydrogen-bond donors (Lipinski definition) is 1. The van der Waals surface area contributed by atoms with Gasteiger partial charge in [0.05, 0.1) is 13.0 Å². The van der Waals surface area contributed by atoms with Gasteiger partial charge in [-0.25, -0.2) is 18.4 Å². The number of likely N-dealkylation sites (tertiary alicyclic amines) is 1. The van der Waals surface area contributed by atoms with Gasteiger partial charge in [-0.1, -0.05) is 36.4 Å². The van der Waals surface area contributed by atoms with Gasteiger partial charge in [0.25, 0.3) is 0 Å². The Labute approximate surface area is 190 Å². The van der Waals surface area contributed by atoms with Gasteiger partial charge in [0.1, 0.15) is 36.0 Å². The molecule has 1 atom stereocenters. The quantitative estimate of drug-likeness (QED) is 0.525. The third-order valence-corrected chi connectivity index (χ3v) is 5.83. The SMILES string of the molecule is O=C(Cc1ccccc1)OC1CCN(CC(O)(Cn2cncn2)c2ccc(F)cc2F)CC1. The number of benzene rings is 2. The molecule has 1 unspecified atom stereocenters. The number of aliphatic hydroxyl groups is 1. The summed E-state index contributed by atoms with van der Waals surface area (Å²) < 4.78 is 35.1. The van der Waals surface area contributed by atoms with Crippen LogP contribution in [-0.4, -0.2) is 56.5 Å². The van der Waals surface area contributed by atoms with Crippen molar-refractivity contribution in [1.82, 2.24) is 19.7 Å². The number of rotatable bonds is 8. The van der Waals surface area contributed by atoms with E-state index in [4.69, 9.17) is 4.74 Å². The number of β-amino-alcohol motifs (C(OH)–C–C–N with tert-alkyl or cyclic N) is 1. The largest absolute Gasteiger partial charge is 0.462 e. The average molecular weight is 456 g/mol. The van der Waals surface area contributed by atoms with E-state index in [1.165, 1.54) is 23.4 Å². The molecule has 0 amide bonds. The van der Waals surface area contributed by atoms with Crippen molar-refractivity contribution >= 4 is 5.97 Å². The van der Waals surface area contributed by atoms with Crippen LogP contribution >= 0.6 is 0 Å². The number of ether oxygens (including phenoxy) is 1. The number of carbonyl (C=O) groups excluding carboxylic acids is 1. The first-order valence-corrected chi connectivity index (χ1v) is 10.9. The zero-order valence-corrected chi connectivity index (χ0v) is 18.1. The van der Waals surface area contributed by atoms with Crippen LogP contribution in [0.5, 0.6) is 0 Å². The first-order chi connectivity index (χ1) is 15.9. The molecular weight excluding hydrogens is 430 g/mol. The highest BCUT2D eigenvalue weighted by Crippen LogP contribution is 2.29. The number of halogens is 2. The molecule has 3 aromatic rings. The Morgan fingerprint density at radius 2 is 1.88 bits per heavy atom. The standard InChI is InChI=1S/C24H26F2N4O3/c25-19-6-7-21(22(26)13-19)24(32,15-30-17-27-16-28-30)14-29-10-8-20(9-11-29)33-23(31)12-18-4-2-1-3-5-18/h1-7,13,16-17,20,32H,8-12,14-15H2. The summed E-state index contributed by atoms with van der Waals surface area (Å²) in [7, 11) is 0. The van der Waals surface area contributed by atoms with Gasteiger partial charge in [-0.3, -0.25) is 9.69 Å². The maximum atomic E-state index is 14.6. The van der Waals surface area contributed by atoms with Crippen LogP contribution in [0.4, 0.5) is 8.78 Å². The first kappa shape index (κ1) is 23.0. The molecule has 2 aromatic carbocycles. The number of piperidine rings is 1. The van der Waals surface area contributed by atoms with E-state index >= 15 is 0 Å². The molecule has 2 heterocycles. The van der Waals surface area contributed by atoms with Crippen LogP contribution in [0.25, 0.3) is 0 Å². The summed E-state index contributed by atoms with van der Waals surface area (Å²) in [5.74, 6) is -1.80. The molecule has 1 aliphatic rings. The van der Waals surface area contributed by atoms with E-state index in [-0.39, 0.29) is 37.1 Å². The number of nitrogens with zero attached hydrogens (tertiary/aromatic N) is 4. The van der Waals surface area contributed by atoms with Crippen LogP contribution in [-0.2, 0) is 28.1 Å². The van der Waals surface area contributed by atoms with Crippen LogP contribution in [0.2, 0.25) is 0 Å². The van der Waals surface area contributed by atoms with Crippen molar-refractivity contribution in [3.63, 3.8) is 0 Å². The van der Waals surface area contributed by atoms with E-state index < -0.39 is 17.2 Å². The second-order valence-corrected chi connectivity index (χ2v) is 8.38. The van der Waals surface area contributed by atoms with E-state index in [1.54, 1.807) is 0 Å². The predicted molar refractivity (Wildman–Crippen MR) is 116 cm³/mol. The number of aromatic nitrogens is 3. The maximum Gasteiger partial charge on any atom is 0.310 e. The van der Waals surface area contributed by atoms with Gasteiger partial charge >= 0.3 is 5.97 Å². The summed E-state index contributed by atoms with van der Waals surface area (Å²) in [6.07, 6.45) is 3.99. The van der Waals surface area contributed by atoms with Crippen LogP contribution in [0, 0.1) is 11.6 Å². The Bertz CT molecular complexity index is 1060. The molecule has 1 aliphatic heterocycles. The lowest BCUT2D eigenvalue weighted by atomic mass is 9.91. The highest BCUT2D eigenvalue weighted by atomic mass is 19.1. The summed E-state index contributed by atoms with van der Waals surface area (Å²) in [5.41, 5.74) is -0.752. The molecule has 0 saturated carbocycles. The first-order valence-electron chi connectivity index (χ1n) is 10.9. The Morgan fingerprint density at radius 3 is 2.55 bits per heavy atom. The molecule has 0 radical (unpaired) electrons. The molecular formula is C24H26F2N4O3. The lowest BCUT2D eigenvalue weighted by Crippen LogP contribution is -2.48. The molecule has 1 aromatic heterocycles. The molecule has 33 heavy (non-hydrogen) atoms. The van der Waals surface area contributed by atoms with Gasteiger partial charge in [0, 0.05) is 31.3 Å². The third kappa shape index (κ3) is 6.00. The highest BCUT2D eigenvalue weighted by Gasteiger charge is 2.37. The third-order valence-electron chi connectivity index (χ3n) is 5.83. The fraction of sp³-hybridized carbons (Fsp3) is 0.375. The minimum absolute atomic E-state index is 0.00388. The Kier molecular flexibility index (Phi) is 7.10. The summed E-state index contributed by atoms with van der Waals surface area (Å²) in [6.45, 7) is 1.19. The van der Waals surface area contributed by atoms with Crippen molar-refractivity contribution in [2.24, 2.45) is 0 Å². The van der Waals surface area contributed by atoms with Crippen molar-refractivity contribution in [3.8, 4) is 0 Å². The van der Waals surface area contributed by atoms with Gasteiger partial charge < -0.3 is 9.84 Å². The fourth-order valence-corrected chi connectivity index (χ4v) is 4.21. The van der Waals surface area contributed by atoms with Crippen LogP contribution in [0.1, 0.15) is 24.0 Å². The van der Waals surface area contributed by atoms with Crippen LogP contribution in [0.15, 0.2) is 61.2 Å².